The molecule has 144 valence electrons. The second kappa shape index (κ2) is 7.51. The standard InChI is InChI=1S/C19H18BrN5O3/c1-26-16-8-12(9-17(27-2)18(16)28-3)15-10-14(11-4-6-13(20)7-5-11)21-19-22-23-24-25(15)19/h4-10,15H,1-3H3,(H,21,22,24). The predicted octanol–water partition coefficient (Wildman–Crippen LogP) is 3.52. The van der Waals surface area contributed by atoms with Crippen molar-refractivity contribution < 1.29 is 14.2 Å². The van der Waals surface area contributed by atoms with Crippen LogP contribution in [0.15, 0.2) is 46.9 Å². The molecule has 1 aliphatic rings. The van der Waals surface area contributed by atoms with Crippen LogP contribution in [0.3, 0.4) is 0 Å². The third-order valence-corrected chi connectivity index (χ3v) is 5.04. The molecule has 1 atom stereocenters. The maximum Gasteiger partial charge on any atom is 0.248 e. The lowest BCUT2D eigenvalue weighted by molar-refractivity contribution is 0.323. The van der Waals surface area contributed by atoms with Crippen LogP contribution in [0.5, 0.6) is 17.2 Å². The van der Waals surface area contributed by atoms with E-state index in [2.05, 4.69) is 42.8 Å². The van der Waals surface area contributed by atoms with E-state index in [1.54, 1.807) is 26.0 Å². The van der Waals surface area contributed by atoms with E-state index in [1.165, 1.54) is 0 Å². The van der Waals surface area contributed by atoms with Crippen molar-refractivity contribution in [3.05, 3.63) is 58.1 Å². The third-order valence-electron chi connectivity index (χ3n) is 4.51. The Hall–Kier alpha value is -3.07. The van der Waals surface area contributed by atoms with Crippen molar-refractivity contribution in [3.63, 3.8) is 0 Å². The quantitative estimate of drug-likeness (QED) is 0.645. The molecule has 0 radical (unpaired) electrons. The first-order valence-corrected chi connectivity index (χ1v) is 9.26. The Morgan fingerprint density at radius 1 is 1.00 bits per heavy atom. The zero-order valence-electron chi connectivity index (χ0n) is 15.5. The van der Waals surface area contributed by atoms with Gasteiger partial charge in [-0.3, -0.25) is 0 Å². The van der Waals surface area contributed by atoms with E-state index in [0.717, 1.165) is 21.3 Å². The number of nitrogens with one attached hydrogen (secondary N) is 1. The summed E-state index contributed by atoms with van der Waals surface area (Å²) in [5.74, 6) is 2.24. The summed E-state index contributed by atoms with van der Waals surface area (Å²) in [6.07, 6.45) is 2.06. The molecule has 1 aromatic heterocycles. The molecular weight excluding hydrogens is 426 g/mol. The molecule has 2 aromatic carbocycles. The van der Waals surface area contributed by atoms with Crippen LogP contribution >= 0.6 is 15.9 Å². The summed E-state index contributed by atoms with van der Waals surface area (Å²) < 4.78 is 19.1. The Bertz CT molecular complexity index is 1010. The lowest BCUT2D eigenvalue weighted by Crippen LogP contribution is -2.20. The van der Waals surface area contributed by atoms with E-state index in [9.17, 15) is 0 Å². The normalized spacial score (nSPS) is 15.3. The highest BCUT2D eigenvalue weighted by molar-refractivity contribution is 9.10. The second-order valence-electron chi connectivity index (χ2n) is 6.06. The number of aromatic nitrogens is 4. The lowest BCUT2D eigenvalue weighted by atomic mass is 10.0. The highest BCUT2D eigenvalue weighted by atomic mass is 79.9. The Balaban J connectivity index is 1.84. The highest BCUT2D eigenvalue weighted by Crippen LogP contribution is 2.42. The van der Waals surface area contributed by atoms with Crippen LogP contribution in [-0.2, 0) is 0 Å². The minimum Gasteiger partial charge on any atom is -0.493 e. The molecule has 1 unspecified atom stereocenters. The highest BCUT2D eigenvalue weighted by Gasteiger charge is 2.26. The maximum absolute atomic E-state index is 5.50. The van der Waals surface area contributed by atoms with Gasteiger partial charge in [0.25, 0.3) is 0 Å². The zero-order valence-corrected chi connectivity index (χ0v) is 17.1. The van der Waals surface area contributed by atoms with Gasteiger partial charge in [-0.2, -0.15) is 4.68 Å². The molecule has 8 nitrogen and oxygen atoms in total. The van der Waals surface area contributed by atoms with Crippen LogP contribution in [0.2, 0.25) is 0 Å². The molecule has 0 bridgehead atoms. The Morgan fingerprint density at radius 3 is 2.29 bits per heavy atom. The lowest BCUT2D eigenvalue weighted by Gasteiger charge is -2.24. The number of tetrazole rings is 1. The smallest absolute Gasteiger partial charge is 0.248 e. The van der Waals surface area contributed by atoms with Crippen molar-refractivity contribution in [2.24, 2.45) is 0 Å². The number of methoxy groups -OCH3 is 3. The SMILES string of the molecule is COc1cc(C2C=C(c3ccc(Br)cc3)Nc3nnnn32)cc(OC)c1OC. The number of halogens is 1. The molecule has 0 saturated heterocycles. The largest absolute Gasteiger partial charge is 0.493 e. The number of fused-ring (bicyclic) bond motifs is 1. The van der Waals surface area contributed by atoms with Crippen LogP contribution in [-0.4, -0.2) is 41.5 Å². The summed E-state index contributed by atoms with van der Waals surface area (Å²) >= 11 is 3.47. The van der Waals surface area contributed by atoms with Crippen LogP contribution in [0.1, 0.15) is 17.2 Å². The minimum atomic E-state index is -0.251. The molecule has 4 rings (SSSR count). The summed E-state index contributed by atoms with van der Waals surface area (Å²) in [5, 5.41) is 15.3. The molecule has 28 heavy (non-hydrogen) atoms. The number of hydrogen-bond donors (Lipinski definition) is 1. The molecule has 0 aliphatic carbocycles. The molecule has 0 spiro atoms. The first-order valence-electron chi connectivity index (χ1n) is 8.47. The van der Waals surface area contributed by atoms with E-state index in [4.69, 9.17) is 14.2 Å². The monoisotopic (exact) mass is 443 g/mol. The molecular formula is C19H18BrN5O3. The summed E-state index contributed by atoms with van der Waals surface area (Å²) in [7, 11) is 4.76. The van der Waals surface area contributed by atoms with Gasteiger partial charge in [0.15, 0.2) is 11.5 Å². The van der Waals surface area contributed by atoms with E-state index in [-0.39, 0.29) is 6.04 Å². The summed E-state index contributed by atoms with van der Waals surface area (Å²) in [4.78, 5) is 0. The Kier molecular flexibility index (Phi) is 4.91. The van der Waals surface area contributed by atoms with Crippen LogP contribution in [0, 0.1) is 0 Å². The van der Waals surface area contributed by atoms with Gasteiger partial charge in [0.2, 0.25) is 11.7 Å². The molecule has 1 aliphatic heterocycles. The fraction of sp³-hybridized carbons (Fsp3) is 0.211. The first kappa shape index (κ1) is 18.3. The number of nitrogens with zero attached hydrogens (tertiary/aromatic N) is 4. The van der Waals surface area contributed by atoms with Gasteiger partial charge in [-0.1, -0.05) is 33.2 Å². The first-order chi connectivity index (χ1) is 13.6. The average molecular weight is 444 g/mol. The van der Waals surface area contributed by atoms with Gasteiger partial charge in [-0.05, 0) is 51.9 Å². The zero-order chi connectivity index (χ0) is 19.7. The Morgan fingerprint density at radius 2 is 1.68 bits per heavy atom. The maximum atomic E-state index is 5.50. The van der Waals surface area contributed by atoms with Gasteiger partial charge < -0.3 is 19.5 Å². The van der Waals surface area contributed by atoms with Gasteiger partial charge in [0.1, 0.15) is 6.04 Å². The van der Waals surface area contributed by atoms with E-state index in [1.807, 2.05) is 36.4 Å². The fourth-order valence-electron chi connectivity index (χ4n) is 3.16. The van der Waals surface area contributed by atoms with E-state index >= 15 is 0 Å². The van der Waals surface area contributed by atoms with Gasteiger partial charge in [-0.15, -0.1) is 0 Å². The summed E-state index contributed by atoms with van der Waals surface area (Å²) in [6.45, 7) is 0. The number of ether oxygens (including phenoxy) is 3. The molecule has 9 heteroatoms. The number of anilines is 1. The predicted molar refractivity (Wildman–Crippen MR) is 108 cm³/mol. The number of benzene rings is 2. The molecule has 3 aromatic rings. The third kappa shape index (κ3) is 3.18. The van der Waals surface area contributed by atoms with Crippen molar-refractivity contribution in [1.82, 2.24) is 20.2 Å². The molecule has 0 amide bonds. The number of rotatable bonds is 5. The van der Waals surface area contributed by atoms with Crippen molar-refractivity contribution in [3.8, 4) is 17.2 Å². The fourth-order valence-corrected chi connectivity index (χ4v) is 3.43. The van der Waals surface area contributed by atoms with Gasteiger partial charge in [0.05, 0.1) is 21.3 Å². The van der Waals surface area contributed by atoms with Gasteiger partial charge in [-0.25, -0.2) is 0 Å². The molecule has 1 N–H and O–H groups in total. The summed E-state index contributed by atoms with van der Waals surface area (Å²) in [5.41, 5.74) is 2.84. The van der Waals surface area contributed by atoms with Crippen molar-refractivity contribution in [2.45, 2.75) is 6.04 Å². The van der Waals surface area contributed by atoms with Gasteiger partial charge in [0, 0.05) is 10.2 Å². The second-order valence-corrected chi connectivity index (χ2v) is 6.98. The number of allylic oxidation sites excluding steroid dienone is 1. The van der Waals surface area contributed by atoms with Crippen molar-refractivity contribution in [2.75, 3.05) is 26.6 Å². The van der Waals surface area contributed by atoms with Crippen LogP contribution < -0.4 is 19.5 Å². The summed E-state index contributed by atoms with van der Waals surface area (Å²) in [6, 6.07) is 11.6. The molecule has 0 saturated carbocycles. The van der Waals surface area contributed by atoms with Crippen LogP contribution in [0.25, 0.3) is 5.70 Å². The average Bonchev–Trinajstić information content (AvgIpc) is 3.21. The van der Waals surface area contributed by atoms with Gasteiger partial charge >= 0.3 is 0 Å². The van der Waals surface area contributed by atoms with Crippen molar-refractivity contribution >= 4 is 27.6 Å². The minimum absolute atomic E-state index is 0.251. The Labute approximate surface area is 170 Å². The van der Waals surface area contributed by atoms with E-state index < -0.39 is 0 Å². The number of hydrogen-bond acceptors (Lipinski definition) is 7. The molecule has 0 fully saturated rings. The topological polar surface area (TPSA) is 83.3 Å². The molecule has 2 heterocycles. The van der Waals surface area contributed by atoms with Crippen molar-refractivity contribution in [1.29, 1.82) is 0 Å². The van der Waals surface area contributed by atoms with E-state index in [0.29, 0.717) is 23.2 Å². The van der Waals surface area contributed by atoms with Crippen LogP contribution in [0.4, 0.5) is 5.95 Å².